The van der Waals surface area contributed by atoms with E-state index in [0.29, 0.717) is 5.75 Å². The van der Waals surface area contributed by atoms with E-state index in [4.69, 9.17) is 5.73 Å². The Morgan fingerprint density at radius 2 is 2.04 bits per heavy atom. The van der Waals surface area contributed by atoms with Crippen LogP contribution in [0.5, 0.6) is 0 Å². The number of aliphatic carboxylic acids is 1. The van der Waals surface area contributed by atoms with Crippen LogP contribution in [0.3, 0.4) is 0 Å². The van der Waals surface area contributed by atoms with Gasteiger partial charge in [0.25, 0.3) is 5.91 Å². The lowest BCUT2D eigenvalue weighted by atomic mass is 10.0. The fourth-order valence-corrected chi connectivity index (χ4v) is 3.87. The molecule has 0 bridgehead atoms. The second-order valence-electron chi connectivity index (χ2n) is 5.30. The zero-order valence-electron chi connectivity index (χ0n) is 12.1. The van der Waals surface area contributed by atoms with Gasteiger partial charge in [0.15, 0.2) is 5.70 Å². The molecule has 120 valence electrons. The van der Waals surface area contributed by atoms with E-state index in [2.05, 4.69) is 5.32 Å². The summed E-state index contributed by atoms with van der Waals surface area (Å²) >= 11 is 1.35. The molecule has 2 aliphatic heterocycles. The third kappa shape index (κ3) is 2.77. The van der Waals surface area contributed by atoms with Gasteiger partial charge in [0.2, 0.25) is 5.91 Å². The quantitative estimate of drug-likeness (QED) is 0.663. The van der Waals surface area contributed by atoms with E-state index in [0.717, 1.165) is 10.5 Å². The Morgan fingerprint density at radius 1 is 1.35 bits per heavy atom. The van der Waals surface area contributed by atoms with Crippen molar-refractivity contribution in [3.05, 3.63) is 47.3 Å². The maximum absolute atomic E-state index is 12.2. The number of hydrogen-bond donors (Lipinski definition) is 3. The lowest BCUT2D eigenvalue weighted by Crippen LogP contribution is -2.70. The fraction of sp³-hybridized carbons (Fsp3) is 0.267. The van der Waals surface area contributed by atoms with Crippen molar-refractivity contribution < 1.29 is 19.5 Å². The van der Waals surface area contributed by atoms with E-state index in [9.17, 15) is 19.5 Å². The number of nitrogens with one attached hydrogen (secondary N) is 1. The molecule has 1 saturated heterocycles. The van der Waals surface area contributed by atoms with E-state index in [-0.39, 0.29) is 23.7 Å². The van der Waals surface area contributed by atoms with Crippen LogP contribution in [0.25, 0.3) is 0 Å². The highest BCUT2D eigenvalue weighted by Gasteiger charge is 2.53. The van der Waals surface area contributed by atoms with Crippen LogP contribution < -0.4 is 11.1 Å². The van der Waals surface area contributed by atoms with Crippen LogP contribution >= 0.6 is 11.8 Å². The molecule has 23 heavy (non-hydrogen) atoms. The van der Waals surface area contributed by atoms with Crippen LogP contribution in [0.4, 0.5) is 0 Å². The topological polar surface area (TPSA) is 113 Å². The van der Waals surface area contributed by atoms with E-state index in [1.165, 1.54) is 11.8 Å². The third-order valence-corrected chi connectivity index (χ3v) is 5.03. The lowest BCUT2D eigenvalue weighted by Gasteiger charge is -2.48. The first-order valence-electron chi connectivity index (χ1n) is 6.99. The normalized spacial score (nSPS) is 23.1. The van der Waals surface area contributed by atoms with Gasteiger partial charge in [-0.3, -0.25) is 14.5 Å². The molecule has 8 heteroatoms. The molecular formula is C15H15N3O4S. The zero-order chi connectivity index (χ0) is 16.6. The molecule has 2 atom stereocenters. The SMILES string of the molecule is NC1=C(C(=O)O)N2C(=O)C(NC(=O)Cc3ccccc3)[C@H]2SC1. The summed E-state index contributed by atoms with van der Waals surface area (Å²) in [4.78, 5) is 36.7. The maximum atomic E-state index is 12.2. The fourth-order valence-electron chi connectivity index (χ4n) is 2.65. The van der Waals surface area contributed by atoms with Crippen molar-refractivity contribution in [3.63, 3.8) is 0 Å². The van der Waals surface area contributed by atoms with Gasteiger partial charge in [0.05, 0.1) is 12.1 Å². The number of carbonyl (C=O) groups is 3. The summed E-state index contributed by atoms with van der Waals surface area (Å²) in [5.41, 5.74) is 6.52. The average molecular weight is 333 g/mol. The molecular weight excluding hydrogens is 318 g/mol. The van der Waals surface area contributed by atoms with Crippen LogP contribution in [0, 0.1) is 0 Å². The highest BCUT2D eigenvalue weighted by atomic mass is 32.2. The molecule has 2 heterocycles. The number of β-lactam (4-membered cyclic amide) rings is 1. The van der Waals surface area contributed by atoms with Gasteiger partial charge < -0.3 is 16.2 Å². The number of thioether (sulfide) groups is 1. The number of carboxylic acid groups (broad SMARTS) is 1. The summed E-state index contributed by atoms with van der Waals surface area (Å²) in [6.45, 7) is 0. The van der Waals surface area contributed by atoms with Crippen molar-refractivity contribution in [3.8, 4) is 0 Å². The van der Waals surface area contributed by atoms with Crippen LogP contribution in [0.2, 0.25) is 0 Å². The van der Waals surface area contributed by atoms with Crippen LogP contribution in [-0.4, -0.2) is 45.0 Å². The molecule has 0 saturated carbocycles. The molecule has 2 amide bonds. The molecule has 1 unspecified atom stereocenters. The third-order valence-electron chi connectivity index (χ3n) is 3.72. The van der Waals surface area contributed by atoms with Crippen LogP contribution in [0.15, 0.2) is 41.7 Å². The van der Waals surface area contributed by atoms with Crippen LogP contribution in [0.1, 0.15) is 5.56 Å². The molecule has 4 N–H and O–H groups in total. The van der Waals surface area contributed by atoms with Crippen molar-refractivity contribution in [1.82, 2.24) is 10.2 Å². The molecule has 1 fully saturated rings. The van der Waals surface area contributed by atoms with Crippen LogP contribution in [-0.2, 0) is 20.8 Å². The first kappa shape index (κ1) is 15.4. The van der Waals surface area contributed by atoms with E-state index in [1.807, 2.05) is 30.3 Å². The summed E-state index contributed by atoms with van der Waals surface area (Å²) in [5.74, 6) is -1.62. The number of nitrogens with zero attached hydrogens (tertiary/aromatic N) is 1. The molecule has 1 aromatic rings. The lowest BCUT2D eigenvalue weighted by molar-refractivity contribution is -0.150. The number of carbonyl (C=O) groups excluding carboxylic acids is 2. The van der Waals surface area contributed by atoms with E-state index >= 15 is 0 Å². The minimum atomic E-state index is -1.23. The number of rotatable bonds is 4. The summed E-state index contributed by atoms with van der Waals surface area (Å²) in [6, 6.07) is 8.48. The first-order chi connectivity index (χ1) is 11.0. The number of fused-ring (bicyclic) bond motifs is 1. The van der Waals surface area contributed by atoms with Crippen molar-refractivity contribution in [1.29, 1.82) is 0 Å². The minimum absolute atomic E-state index is 0.168. The predicted octanol–water partition coefficient (Wildman–Crippen LogP) is -0.116. The average Bonchev–Trinajstić information content (AvgIpc) is 2.53. The molecule has 3 rings (SSSR count). The zero-order valence-corrected chi connectivity index (χ0v) is 12.9. The monoisotopic (exact) mass is 333 g/mol. The van der Waals surface area contributed by atoms with Crippen molar-refractivity contribution in [2.45, 2.75) is 17.8 Å². The highest BCUT2D eigenvalue weighted by molar-refractivity contribution is 8.00. The summed E-state index contributed by atoms with van der Waals surface area (Å²) in [6.07, 6.45) is 0.172. The Bertz CT molecular complexity index is 704. The number of hydrogen-bond acceptors (Lipinski definition) is 5. The number of nitrogens with two attached hydrogens (primary N) is 1. The van der Waals surface area contributed by atoms with Gasteiger partial charge >= 0.3 is 5.97 Å². The Morgan fingerprint density at radius 3 is 2.70 bits per heavy atom. The van der Waals surface area contributed by atoms with E-state index in [1.54, 1.807) is 0 Å². The minimum Gasteiger partial charge on any atom is -0.477 e. The van der Waals surface area contributed by atoms with Crippen molar-refractivity contribution in [2.24, 2.45) is 5.73 Å². The molecule has 0 radical (unpaired) electrons. The van der Waals surface area contributed by atoms with Crippen molar-refractivity contribution in [2.75, 3.05) is 5.75 Å². The van der Waals surface area contributed by atoms with Gasteiger partial charge in [-0.25, -0.2) is 4.79 Å². The summed E-state index contributed by atoms with van der Waals surface area (Å²) < 4.78 is 0. The standard InChI is InChI=1S/C15H15N3O4S/c16-9-7-23-14-11(13(20)18(14)12(9)15(21)22)17-10(19)6-8-4-2-1-3-5-8/h1-5,11,14H,6-7,16H2,(H,17,19)(H,21,22)/t11?,14-/m1/s1. The molecule has 0 aliphatic carbocycles. The smallest absolute Gasteiger partial charge is 0.354 e. The van der Waals surface area contributed by atoms with Gasteiger partial charge in [-0.2, -0.15) is 0 Å². The molecule has 0 spiro atoms. The Kier molecular flexibility index (Phi) is 3.99. The Labute approximate surface area is 136 Å². The Hall–Kier alpha value is -2.48. The molecule has 2 aliphatic rings. The van der Waals surface area contributed by atoms with Gasteiger partial charge in [-0.1, -0.05) is 30.3 Å². The molecule has 1 aromatic carbocycles. The second kappa shape index (κ2) is 5.96. The first-order valence-corrected chi connectivity index (χ1v) is 8.04. The van der Waals surface area contributed by atoms with Gasteiger partial charge in [0, 0.05) is 5.75 Å². The van der Waals surface area contributed by atoms with E-state index < -0.39 is 23.3 Å². The summed E-state index contributed by atoms with van der Waals surface area (Å²) in [5, 5.41) is 11.4. The van der Waals surface area contributed by atoms with Crippen molar-refractivity contribution >= 4 is 29.5 Å². The predicted molar refractivity (Wildman–Crippen MR) is 84.0 cm³/mol. The largest absolute Gasteiger partial charge is 0.477 e. The number of benzene rings is 1. The molecule has 7 nitrogen and oxygen atoms in total. The van der Waals surface area contributed by atoms with Gasteiger partial charge in [-0.05, 0) is 5.56 Å². The Balaban J connectivity index is 1.67. The summed E-state index contributed by atoms with van der Waals surface area (Å²) in [7, 11) is 0. The second-order valence-corrected chi connectivity index (χ2v) is 6.40. The highest BCUT2D eigenvalue weighted by Crippen LogP contribution is 2.38. The van der Waals surface area contributed by atoms with Gasteiger partial charge in [-0.15, -0.1) is 11.8 Å². The number of amides is 2. The van der Waals surface area contributed by atoms with Gasteiger partial charge in [0.1, 0.15) is 11.4 Å². The maximum Gasteiger partial charge on any atom is 0.354 e. The molecule has 0 aromatic heterocycles. The number of carboxylic acids is 1.